The van der Waals surface area contributed by atoms with E-state index in [1.165, 1.54) is 41.3 Å². The van der Waals surface area contributed by atoms with Gasteiger partial charge in [-0.15, -0.1) is 0 Å². The summed E-state index contributed by atoms with van der Waals surface area (Å²) in [5, 5.41) is 11.1. The fourth-order valence-electron chi connectivity index (χ4n) is 2.05. The highest BCUT2D eigenvalue weighted by Crippen LogP contribution is 2.23. The number of rotatable bonds is 7. The molecule has 140 valence electrons. The molecule has 0 unspecified atom stereocenters. The maximum Gasteiger partial charge on any atom is 0.270 e. The molecule has 0 spiro atoms. The van der Waals surface area contributed by atoms with E-state index < -0.39 is 4.92 Å². The Bertz CT molecular complexity index is 909. The number of allylic oxidation sites excluding steroid dienone is 1. The molecule has 0 fully saturated rings. The molecule has 0 aliphatic carbocycles. The average molecular weight is 389 g/mol. The van der Waals surface area contributed by atoms with E-state index >= 15 is 0 Å². The number of carbonyl (C=O) groups is 2. The summed E-state index contributed by atoms with van der Waals surface area (Å²) in [4.78, 5) is 35.6. The first-order valence-electron chi connectivity index (χ1n) is 7.87. The lowest BCUT2D eigenvalue weighted by Gasteiger charge is -2.11. The number of nitrogens with zero attached hydrogens (tertiary/aromatic N) is 2. The number of halogens is 1. The van der Waals surface area contributed by atoms with Crippen LogP contribution in [0.2, 0.25) is 5.02 Å². The molecule has 0 aliphatic rings. The second kappa shape index (κ2) is 8.95. The quantitative estimate of drug-likeness (QED) is 0.313. The first-order chi connectivity index (χ1) is 12.8. The highest BCUT2D eigenvalue weighted by Gasteiger charge is 2.10. The van der Waals surface area contributed by atoms with E-state index in [9.17, 15) is 19.7 Å². The molecule has 0 saturated heterocycles. The molecule has 1 amide bonds. The molecule has 7 nitrogen and oxygen atoms in total. The van der Waals surface area contributed by atoms with Gasteiger partial charge in [-0.05, 0) is 35.9 Å². The zero-order valence-electron chi connectivity index (χ0n) is 14.7. The molecular formula is C19H17ClN2O5. The van der Waals surface area contributed by atoms with Gasteiger partial charge >= 0.3 is 0 Å². The van der Waals surface area contributed by atoms with Gasteiger partial charge in [0.2, 0.25) is 0 Å². The Hall–Kier alpha value is -3.19. The van der Waals surface area contributed by atoms with E-state index in [0.29, 0.717) is 21.9 Å². The lowest BCUT2D eigenvalue weighted by molar-refractivity contribution is -0.384. The topological polar surface area (TPSA) is 89.8 Å². The lowest BCUT2D eigenvalue weighted by atomic mass is 10.1. The van der Waals surface area contributed by atoms with E-state index in [0.717, 1.165) is 0 Å². The summed E-state index contributed by atoms with van der Waals surface area (Å²) >= 11 is 6.01. The van der Waals surface area contributed by atoms with Gasteiger partial charge < -0.3 is 9.64 Å². The molecule has 2 rings (SSSR count). The number of benzene rings is 2. The van der Waals surface area contributed by atoms with Gasteiger partial charge in [0.25, 0.3) is 11.6 Å². The Morgan fingerprint density at radius 3 is 2.63 bits per heavy atom. The monoisotopic (exact) mass is 388 g/mol. The molecule has 2 aromatic rings. The average Bonchev–Trinajstić information content (AvgIpc) is 2.65. The third-order valence-electron chi connectivity index (χ3n) is 3.58. The molecule has 0 saturated carbocycles. The molecule has 8 heteroatoms. The number of amides is 1. The van der Waals surface area contributed by atoms with Gasteiger partial charge in [0.1, 0.15) is 5.75 Å². The number of hydrogen-bond donors (Lipinski definition) is 0. The van der Waals surface area contributed by atoms with Crippen LogP contribution >= 0.6 is 11.6 Å². The number of hydrogen-bond acceptors (Lipinski definition) is 5. The molecule has 27 heavy (non-hydrogen) atoms. The molecule has 0 radical (unpaired) electrons. The molecule has 0 atom stereocenters. The fourth-order valence-corrected chi connectivity index (χ4v) is 2.23. The molecule has 0 aromatic heterocycles. The Balaban J connectivity index is 2.13. The van der Waals surface area contributed by atoms with E-state index in [1.807, 2.05) is 0 Å². The van der Waals surface area contributed by atoms with Crippen LogP contribution in [0.4, 0.5) is 5.69 Å². The minimum Gasteiger partial charge on any atom is -0.484 e. The predicted octanol–water partition coefficient (Wildman–Crippen LogP) is 3.61. The number of ether oxygens (including phenoxy) is 1. The van der Waals surface area contributed by atoms with Gasteiger partial charge in [-0.2, -0.15) is 0 Å². The summed E-state index contributed by atoms with van der Waals surface area (Å²) in [5.74, 6) is -0.147. The van der Waals surface area contributed by atoms with Crippen molar-refractivity contribution in [2.24, 2.45) is 0 Å². The van der Waals surface area contributed by atoms with Crippen LogP contribution in [-0.4, -0.2) is 42.2 Å². The lowest BCUT2D eigenvalue weighted by Crippen LogP contribution is -2.27. The van der Waals surface area contributed by atoms with Crippen LogP contribution in [0.3, 0.4) is 0 Å². The minimum atomic E-state index is -0.536. The van der Waals surface area contributed by atoms with Crippen LogP contribution in [-0.2, 0) is 4.79 Å². The standard InChI is InChI=1S/C19H17ClN2O5/c1-21(2)19(24)12-27-16-5-3-4-14(11-16)18(23)9-6-13-10-15(22(25)26)7-8-17(13)20/h3-11H,12H2,1-2H3/b9-6+. The number of likely N-dealkylation sites (N-methyl/N-ethyl adjacent to an activating group) is 1. The van der Waals surface area contributed by atoms with Crippen molar-refractivity contribution in [2.75, 3.05) is 20.7 Å². The second-order valence-corrected chi connectivity index (χ2v) is 6.17. The Morgan fingerprint density at radius 2 is 1.96 bits per heavy atom. The van der Waals surface area contributed by atoms with Crippen molar-refractivity contribution >= 4 is 35.1 Å². The summed E-state index contributed by atoms with van der Waals surface area (Å²) in [6, 6.07) is 10.4. The Morgan fingerprint density at radius 1 is 1.22 bits per heavy atom. The second-order valence-electron chi connectivity index (χ2n) is 5.77. The molecular weight excluding hydrogens is 372 g/mol. The van der Waals surface area contributed by atoms with E-state index in [2.05, 4.69) is 0 Å². The number of nitro benzene ring substituents is 1. The van der Waals surface area contributed by atoms with Crippen LogP contribution in [0.15, 0.2) is 48.5 Å². The predicted molar refractivity (Wildman–Crippen MR) is 102 cm³/mol. The third kappa shape index (κ3) is 5.65. The van der Waals surface area contributed by atoms with Crippen molar-refractivity contribution in [3.05, 3.63) is 74.8 Å². The Kier molecular flexibility index (Phi) is 6.67. The molecule has 0 N–H and O–H groups in total. The van der Waals surface area contributed by atoms with Crippen LogP contribution < -0.4 is 4.74 Å². The van der Waals surface area contributed by atoms with E-state index in [4.69, 9.17) is 16.3 Å². The van der Waals surface area contributed by atoms with Gasteiger partial charge in [0, 0.05) is 36.8 Å². The van der Waals surface area contributed by atoms with Gasteiger partial charge in [-0.1, -0.05) is 23.7 Å². The normalized spacial score (nSPS) is 10.6. The number of nitro groups is 1. The maximum atomic E-state index is 12.4. The van der Waals surface area contributed by atoms with E-state index in [1.54, 1.807) is 32.3 Å². The SMILES string of the molecule is CN(C)C(=O)COc1cccc(C(=O)/C=C/c2cc([N+](=O)[O-])ccc2Cl)c1. The number of non-ortho nitro benzene ring substituents is 1. The molecule has 0 heterocycles. The summed E-state index contributed by atoms with van der Waals surface area (Å²) < 4.78 is 5.38. The van der Waals surface area contributed by atoms with Crippen LogP contribution in [0.25, 0.3) is 6.08 Å². The van der Waals surface area contributed by atoms with Crippen molar-refractivity contribution in [2.45, 2.75) is 0 Å². The van der Waals surface area contributed by atoms with Gasteiger partial charge in [0.15, 0.2) is 12.4 Å². The summed E-state index contributed by atoms with van der Waals surface area (Å²) in [6.07, 6.45) is 2.69. The summed E-state index contributed by atoms with van der Waals surface area (Å²) in [6.45, 7) is -0.135. The van der Waals surface area contributed by atoms with Crippen molar-refractivity contribution < 1.29 is 19.2 Å². The van der Waals surface area contributed by atoms with Gasteiger partial charge in [-0.25, -0.2) is 0 Å². The van der Waals surface area contributed by atoms with Crippen molar-refractivity contribution in [1.29, 1.82) is 0 Å². The zero-order chi connectivity index (χ0) is 20.0. The van der Waals surface area contributed by atoms with Gasteiger partial charge in [-0.3, -0.25) is 19.7 Å². The highest BCUT2D eigenvalue weighted by atomic mass is 35.5. The largest absolute Gasteiger partial charge is 0.484 e. The number of ketones is 1. The highest BCUT2D eigenvalue weighted by molar-refractivity contribution is 6.32. The first kappa shape index (κ1) is 20.1. The number of carbonyl (C=O) groups excluding carboxylic acids is 2. The molecule has 2 aromatic carbocycles. The van der Waals surface area contributed by atoms with Crippen molar-refractivity contribution in [1.82, 2.24) is 4.90 Å². The third-order valence-corrected chi connectivity index (χ3v) is 3.93. The minimum absolute atomic E-state index is 0.118. The smallest absolute Gasteiger partial charge is 0.270 e. The maximum absolute atomic E-state index is 12.4. The Labute approximate surface area is 161 Å². The fraction of sp³-hybridized carbons (Fsp3) is 0.158. The molecule has 0 aliphatic heterocycles. The van der Waals surface area contributed by atoms with Crippen molar-refractivity contribution in [3.63, 3.8) is 0 Å². The molecule has 0 bridgehead atoms. The van der Waals surface area contributed by atoms with E-state index in [-0.39, 0.29) is 24.0 Å². The first-order valence-corrected chi connectivity index (χ1v) is 8.25. The van der Waals surface area contributed by atoms with Crippen LogP contribution in [0, 0.1) is 10.1 Å². The van der Waals surface area contributed by atoms with Crippen LogP contribution in [0.5, 0.6) is 5.75 Å². The zero-order valence-corrected chi connectivity index (χ0v) is 15.5. The van der Waals surface area contributed by atoms with Gasteiger partial charge in [0.05, 0.1) is 4.92 Å². The summed E-state index contributed by atoms with van der Waals surface area (Å²) in [7, 11) is 3.24. The van der Waals surface area contributed by atoms with Crippen molar-refractivity contribution in [3.8, 4) is 5.75 Å². The van der Waals surface area contributed by atoms with Crippen LogP contribution in [0.1, 0.15) is 15.9 Å². The summed E-state index contributed by atoms with van der Waals surface area (Å²) in [5.41, 5.74) is 0.596.